The number of hydrogen-bond donors (Lipinski definition) is 1. The van der Waals surface area contributed by atoms with Gasteiger partial charge in [-0.3, -0.25) is 0 Å². The molecule has 18 heavy (non-hydrogen) atoms. The van der Waals surface area contributed by atoms with Gasteiger partial charge in [0, 0.05) is 37.9 Å². The van der Waals surface area contributed by atoms with Crippen molar-refractivity contribution in [3.63, 3.8) is 0 Å². The van der Waals surface area contributed by atoms with E-state index in [4.69, 9.17) is 44.3 Å². The van der Waals surface area contributed by atoms with Gasteiger partial charge in [0.1, 0.15) is 0 Å². The number of nitrogens with one attached hydrogen (secondary N) is 1. The lowest BCUT2D eigenvalue weighted by Crippen LogP contribution is -2.31. The summed E-state index contributed by atoms with van der Waals surface area (Å²) in [6, 6.07) is 3.41. The van der Waals surface area contributed by atoms with Gasteiger partial charge in [0.25, 0.3) is 0 Å². The largest absolute Gasteiger partial charge is 0.382 e. The molecule has 0 saturated heterocycles. The number of benzene rings is 1. The Balaban J connectivity index is 2.56. The van der Waals surface area contributed by atoms with Gasteiger partial charge in [-0.1, -0.05) is 34.8 Å². The van der Waals surface area contributed by atoms with Gasteiger partial charge in [-0.2, -0.15) is 0 Å². The molecule has 102 valence electrons. The van der Waals surface area contributed by atoms with Crippen LogP contribution < -0.4 is 5.32 Å². The minimum atomic E-state index is -0.00765. The van der Waals surface area contributed by atoms with E-state index >= 15 is 0 Å². The third-order valence-electron chi connectivity index (χ3n) is 2.50. The quantitative estimate of drug-likeness (QED) is 0.783. The molecule has 0 amide bonds. The summed E-state index contributed by atoms with van der Waals surface area (Å²) in [6.07, 6.45) is -0.00765. The van der Waals surface area contributed by atoms with Crippen LogP contribution in [0.3, 0.4) is 0 Å². The topological polar surface area (TPSA) is 30.5 Å². The Morgan fingerprint density at radius 1 is 1.17 bits per heavy atom. The van der Waals surface area contributed by atoms with Gasteiger partial charge >= 0.3 is 0 Å². The molecule has 0 aliphatic rings. The minimum Gasteiger partial charge on any atom is -0.382 e. The maximum atomic E-state index is 6.10. The van der Waals surface area contributed by atoms with E-state index < -0.39 is 0 Å². The lowest BCUT2D eigenvalue weighted by Gasteiger charge is -2.16. The molecule has 1 aromatic rings. The Morgan fingerprint density at radius 3 is 2.44 bits per heavy atom. The van der Waals surface area contributed by atoms with Crippen molar-refractivity contribution in [3.8, 4) is 0 Å². The summed E-state index contributed by atoms with van der Waals surface area (Å²) in [7, 11) is 3.28. The van der Waals surface area contributed by atoms with Gasteiger partial charge in [0.2, 0.25) is 0 Å². The molecule has 0 aliphatic heterocycles. The molecule has 0 heterocycles. The van der Waals surface area contributed by atoms with E-state index in [1.54, 1.807) is 26.4 Å². The maximum absolute atomic E-state index is 6.10. The molecule has 1 N–H and O–H groups in total. The zero-order chi connectivity index (χ0) is 13.5. The first-order valence-corrected chi connectivity index (χ1v) is 6.58. The number of halogens is 3. The average Bonchev–Trinajstić information content (AvgIpc) is 2.37. The molecule has 0 spiro atoms. The highest BCUT2D eigenvalue weighted by atomic mass is 35.5. The van der Waals surface area contributed by atoms with E-state index in [1.807, 2.05) is 0 Å². The number of hydrogen-bond acceptors (Lipinski definition) is 3. The fourth-order valence-corrected chi connectivity index (χ4v) is 2.17. The molecule has 0 saturated carbocycles. The van der Waals surface area contributed by atoms with Crippen LogP contribution in [0.4, 0.5) is 0 Å². The van der Waals surface area contributed by atoms with Gasteiger partial charge in [0.15, 0.2) is 0 Å². The lowest BCUT2D eigenvalue weighted by atomic mass is 10.2. The van der Waals surface area contributed by atoms with Crippen LogP contribution in [-0.4, -0.2) is 33.5 Å². The highest BCUT2D eigenvalue weighted by molar-refractivity contribution is 6.44. The van der Waals surface area contributed by atoms with Crippen LogP contribution >= 0.6 is 34.8 Å². The third-order valence-corrected chi connectivity index (χ3v) is 3.70. The molecule has 0 aromatic heterocycles. The van der Waals surface area contributed by atoms with E-state index in [9.17, 15) is 0 Å². The maximum Gasteiger partial charge on any atom is 0.0928 e. The molecule has 0 bridgehead atoms. The number of methoxy groups -OCH3 is 2. The Hall–Kier alpha value is -0.0300. The van der Waals surface area contributed by atoms with Gasteiger partial charge < -0.3 is 14.8 Å². The molecule has 1 aromatic carbocycles. The van der Waals surface area contributed by atoms with Crippen molar-refractivity contribution in [3.05, 3.63) is 32.8 Å². The van der Waals surface area contributed by atoms with E-state index in [1.165, 1.54) is 0 Å². The highest BCUT2D eigenvalue weighted by Gasteiger charge is 2.11. The Kier molecular flexibility index (Phi) is 7.30. The summed E-state index contributed by atoms with van der Waals surface area (Å²) >= 11 is 18.1. The molecular formula is C12H16Cl3NO2. The zero-order valence-corrected chi connectivity index (χ0v) is 12.6. The fraction of sp³-hybridized carbons (Fsp3) is 0.500. The first-order valence-electron chi connectivity index (χ1n) is 5.45. The first kappa shape index (κ1) is 16.0. The summed E-state index contributed by atoms with van der Waals surface area (Å²) in [6.45, 7) is 1.70. The van der Waals surface area contributed by atoms with Crippen molar-refractivity contribution in [1.29, 1.82) is 0 Å². The Labute approximate surface area is 122 Å². The van der Waals surface area contributed by atoms with Crippen molar-refractivity contribution >= 4 is 34.8 Å². The fourth-order valence-electron chi connectivity index (χ4n) is 1.49. The SMILES string of the molecule is COCC(CNCc1c(Cl)ccc(Cl)c1Cl)OC. The van der Waals surface area contributed by atoms with Crippen LogP contribution in [0, 0.1) is 0 Å². The van der Waals surface area contributed by atoms with E-state index in [-0.39, 0.29) is 6.10 Å². The second-order valence-electron chi connectivity index (χ2n) is 3.77. The van der Waals surface area contributed by atoms with E-state index in [0.29, 0.717) is 34.8 Å². The van der Waals surface area contributed by atoms with Crippen LogP contribution in [-0.2, 0) is 16.0 Å². The van der Waals surface area contributed by atoms with E-state index in [0.717, 1.165) is 5.56 Å². The standard InChI is InChI=1S/C12H16Cl3NO2/c1-17-7-8(18-2)5-16-6-9-10(13)3-4-11(14)12(9)15/h3-4,8,16H,5-7H2,1-2H3. The van der Waals surface area contributed by atoms with Crippen LogP contribution in [0.2, 0.25) is 15.1 Å². The van der Waals surface area contributed by atoms with Gasteiger partial charge in [-0.05, 0) is 12.1 Å². The highest BCUT2D eigenvalue weighted by Crippen LogP contribution is 2.31. The summed E-state index contributed by atoms with van der Waals surface area (Å²) in [4.78, 5) is 0. The van der Waals surface area contributed by atoms with Crippen molar-refractivity contribution in [1.82, 2.24) is 5.32 Å². The number of ether oxygens (including phenoxy) is 2. The molecule has 0 aliphatic carbocycles. The zero-order valence-electron chi connectivity index (χ0n) is 10.3. The Morgan fingerprint density at radius 2 is 1.83 bits per heavy atom. The van der Waals surface area contributed by atoms with Gasteiger partial charge in [-0.15, -0.1) is 0 Å². The summed E-state index contributed by atoms with van der Waals surface area (Å²) < 4.78 is 10.3. The molecule has 1 rings (SSSR count). The van der Waals surface area contributed by atoms with Gasteiger partial charge in [0.05, 0.1) is 22.8 Å². The van der Waals surface area contributed by atoms with Crippen LogP contribution in [0.15, 0.2) is 12.1 Å². The Bertz CT molecular complexity index is 388. The molecule has 3 nitrogen and oxygen atoms in total. The predicted molar refractivity (Wildman–Crippen MR) is 75.9 cm³/mol. The second-order valence-corrected chi connectivity index (χ2v) is 4.96. The summed E-state index contributed by atoms with van der Waals surface area (Å²) in [5, 5.41) is 4.79. The van der Waals surface area contributed by atoms with E-state index in [2.05, 4.69) is 5.32 Å². The molecule has 6 heteroatoms. The monoisotopic (exact) mass is 311 g/mol. The average molecular weight is 313 g/mol. The van der Waals surface area contributed by atoms with Crippen molar-refractivity contribution in [2.24, 2.45) is 0 Å². The van der Waals surface area contributed by atoms with Crippen LogP contribution in [0.25, 0.3) is 0 Å². The molecule has 1 unspecified atom stereocenters. The van der Waals surface area contributed by atoms with Crippen molar-refractivity contribution < 1.29 is 9.47 Å². The van der Waals surface area contributed by atoms with Crippen molar-refractivity contribution in [2.75, 3.05) is 27.4 Å². The summed E-state index contributed by atoms with van der Waals surface area (Å²) in [5.41, 5.74) is 0.790. The summed E-state index contributed by atoms with van der Waals surface area (Å²) in [5.74, 6) is 0. The number of rotatable bonds is 7. The lowest BCUT2D eigenvalue weighted by molar-refractivity contribution is 0.0288. The smallest absolute Gasteiger partial charge is 0.0928 e. The van der Waals surface area contributed by atoms with Crippen LogP contribution in [0.1, 0.15) is 5.56 Å². The molecular weight excluding hydrogens is 296 g/mol. The minimum absolute atomic E-state index is 0.00765. The van der Waals surface area contributed by atoms with Gasteiger partial charge in [-0.25, -0.2) is 0 Å². The third kappa shape index (κ3) is 4.57. The predicted octanol–water partition coefficient (Wildman–Crippen LogP) is 3.40. The first-order chi connectivity index (χ1) is 8.60. The normalized spacial score (nSPS) is 12.7. The second kappa shape index (κ2) is 8.20. The molecule has 0 radical (unpaired) electrons. The van der Waals surface area contributed by atoms with Crippen LogP contribution in [0.5, 0.6) is 0 Å². The van der Waals surface area contributed by atoms with Crippen molar-refractivity contribution in [2.45, 2.75) is 12.6 Å². The molecule has 1 atom stereocenters. The molecule has 0 fully saturated rings.